The van der Waals surface area contributed by atoms with E-state index in [-0.39, 0.29) is 11.8 Å². The van der Waals surface area contributed by atoms with Gasteiger partial charge in [0.1, 0.15) is 0 Å². The molecule has 3 heteroatoms. The fourth-order valence-corrected chi connectivity index (χ4v) is 3.22. The lowest BCUT2D eigenvalue weighted by Crippen LogP contribution is -2.34. The quantitative estimate of drug-likeness (QED) is 0.887. The van der Waals surface area contributed by atoms with Crippen molar-refractivity contribution in [1.29, 1.82) is 0 Å². The molecule has 1 amide bonds. The normalized spacial score (nSPS) is 14.4. The molecule has 0 saturated heterocycles. The number of anilines is 1. The molecule has 1 heterocycles. The van der Waals surface area contributed by atoms with Crippen LogP contribution in [0.4, 0.5) is 5.69 Å². The number of nitrogens with one attached hydrogen (secondary N) is 1. The molecule has 2 aromatic rings. The van der Waals surface area contributed by atoms with E-state index in [1.165, 1.54) is 16.8 Å². The molecule has 1 aliphatic rings. The minimum atomic E-state index is 0.133. The summed E-state index contributed by atoms with van der Waals surface area (Å²) in [5.41, 5.74) is 3.95. The lowest BCUT2D eigenvalue weighted by atomic mass is 9.98. The van der Waals surface area contributed by atoms with Crippen molar-refractivity contribution in [1.82, 2.24) is 5.32 Å². The number of rotatable bonds is 6. The molecular weight excluding hydrogens is 284 g/mol. The zero-order valence-corrected chi connectivity index (χ0v) is 13.7. The molecule has 120 valence electrons. The zero-order valence-electron chi connectivity index (χ0n) is 13.7. The SMILES string of the molecule is CC(CC(=O)NCCN1CCc2ccccc21)c1ccccc1. The number of para-hydroxylation sites is 1. The third-order valence-corrected chi connectivity index (χ3v) is 4.55. The maximum atomic E-state index is 12.1. The van der Waals surface area contributed by atoms with Gasteiger partial charge in [-0.2, -0.15) is 0 Å². The first kappa shape index (κ1) is 15.6. The molecule has 2 aromatic carbocycles. The van der Waals surface area contributed by atoms with E-state index in [2.05, 4.69) is 53.5 Å². The molecule has 3 nitrogen and oxygen atoms in total. The van der Waals surface area contributed by atoms with Crippen LogP contribution < -0.4 is 10.2 Å². The van der Waals surface area contributed by atoms with Gasteiger partial charge in [0.05, 0.1) is 0 Å². The maximum absolute atomic E-state index is 12.1. The Labute approximate surface area is 138 Å². The predicted octanol–water partition coefficient (Wildman–Crippen LogP) is 3.36. The minimum absolute atomic E-state index is 0.133. The molecule has 0 fully saturated rings. The Morgan fingerprint density at radius 3 is 2.70 bits per heavy atom. The summed E-state index contributed by atoms with van der Waals surface area (Å²) in [4.78, 5) is 14.5. The molecule has 3 rings (SSSR count). The first-order valence-corrected chi connectivity index (χ1v) is 8.38. The van der Waals surface area contributed by atoms with Crippen LogP contribution in [0.1, 0.15) is 30.4 Å². The summed E-state index contributed by atoms with van der Waals surface area (Å²) < 4.78 is 0. The van der Waals surface area contributed by atoms with Crippen molar-refractivity contribution >= 4 is 11.6 Å². The average molecular weight is 308 g/mol. The van der Waals surface area contributed by atoms with E-state index in [4.69, 9.17) is 0 Å². The lowest BCUT2D eigenvalue weighted by molar-refractivity contribution is -0.121. The first-order chi connectivity index (χ1) is 11.2. The number of nitrogens with zero attached hydrogens (tertiary/aromatic N) is 1. The van der Waals surface area contributed by atoms with Gasteiger partial charge < -0.3 is 10.2 Å². The first-order valence-electron chi connectivity index (χ1n) is 8.38. The van der Waals surface area contributed by atoms with E-state index in [0.29, 0.717) is 13.0 Å². The predicted molar refractivity (Wildman–Crippen MR) is 94.8 cm³/mol. The highest BCUT2D eigenvalue weighted by atomic mass is 16.1. The van der Waals surface area contributed by atoms with Crippen molar-refractivity contribution in [2.24, 2.45) is 0 Å². The highest BCUT2D eigenvalue weighted by Gasteiger charge is 2.18. The van der Waals surface area contributed by atoms with E-state index >= 15 is 0 Å². The minimum Gasteiger partial charge on any atom is -0.369 e. The Morgan fingerprint density at radius 1 is 1.13 bits per heavy atom. The molecule has 23 heavy (non-hydrogen) atoms. The lowest BCUT2D eigenvalue weighted by Gasteiger charge is -2.20. The summed E-state index contributed by atoms with van der Waals surface area (Å²) in [6.45, 7) is 4.73. The summed E-state index contributed by atoms with van der Waals surface area (Å²) >= 11 is 0. The Morgan fingerprint density at radius 2 is 1.87 bits per heavy atom. The molecule has 0 spiro atoms. The second-order valence-electron chi connectivity index (χ2n) is 6.23. The average Bonchev–Trinajstić information content (AvgIpc) is 2.99. The number of carbonyl (C=O) groups excluding carboxylic acids is 1. The largest absolute Gasteiger partial charge is 0.369 e. The van der Waals surface area contributed by atoms with Crippen LogP contribution in [0.3, 0.4) is 0 Å². The standard InChI is InChI=1S/C20H24N2O/c1-16(17-7-3-2-4-8-17)15-20(23)21-12-14-22-13-11-18-9-5-6-10-19(18)22/h2-10,16H,11-15H2,1H3,(H,21,23). The van der Waals surface area contributed by atoms with Gasteiger partial charge in [-0.1, -0.05) is 55.5 Å². The van der Waals surface area contributed by atoms with Crippen LogP contribution in [-0.4, -0.2) is 25.5 Å². The molecule has 0 aliphatic carbocycles. The third-order valence-electron chi connectivity index (χ3n) is 4.55. The number of carbonyl (C=O) groups is 1. The zero-order chi connectivity index (χ0) is 16.1. The van der Waals surface area contributed by atoms with Gasteiger partial charge in [-0.25, -0.2) is 0 Å². The van der Waals surface area contributed by atoms with Crippen LogP contribution in [0.25, 0.3) is 0 Å². The summed E-state index contributed by atoms with van der Waals surface area (Å²) in [5, 5.41) is 3.06. The van der Waals surface area contributed by atoms with Gasteiger partial charge in [-0.3, -0.25) is 4.79 Å². The van der Waals surface area contributed by atoms with Crippen LogP contribution in [0.15, 0.2) is 54.6 Å². The molecule has 1 aliphatic heterocycles. The van der Waals surface area contributed by atoms with Crippen LogP contribution in [0.5, 0.6) is 0 Å². The summed E-state index contributed by atoms with van der Waals surface area (Å²) in [6.07, 6.45) is 1.65. The Hall–Kier alpha value is -2.29. The van der Waals surface area contributed by atoms with Crippen LogP contribution in [0.2, 0.25) is 0 Å². The number of benzene rings is 2. The van der Waals surface area contributed by atoms with Crippen LogP contribution >= 0.6 is 0 Å². The topological polar surface area (TPSA) is 32.3 Å². The molecule has 1 unspecified atom stereocenters. The van der Waals surface area contributed by atoms with Gasteiger partial charge >= 0.3 is 0 Å². The Balaban J connectivity index is 1.44. The fourth-order valence-electron chi connectivity index (χ4n) is 3.22. The molecular formula is C20H24N2O. The van der Waals surface area contributed by atoms with Gasteiger partial charge in [0.25, 0.3) is 0 Å². The second kappa shape index (κ2) is 7.32. The Kier molecular flexibility index (Phi) is 4.96. The van der Waals surface area contributed by atoms with Crippen molar-refractivity contribution in [3.8, 4) is 0 Å². The summed E-state index contributed by atoms with van der Waals surface area (Å²) in [5.74, 6) is 0.387. The number of hydrogen-bond acceptors (Lipinski definition) is 2. The number of hydrogen-bond donors (Lipinski definition) is 1. The number of fused-ring (bicyclic) bond motifs is 1. The Bertz CT molecular complexity index is 654. The highest BCUT2D eigenvalue weighted by molar-refractivity contribution is 5.76. The van der Waals surface area contributed by atoms with E-state index in [9.17, 15) is 4.79 Å². The summed E-state index contributed by atoms with van der Waals surface area (Å²) in [6, 6.07) is 18.7. The van der Waals surface area contributed by atoms with E-state index in [0.717, 1.165) is 19.5 Å². The number of amides is 1. The second-order valence-corrected chi connectivity index (χ2v) is 6.23. The van der Waals surface area contributed by atoms with Gasteiger partial charge in [0.2, 0.25) is 5.91 Å². The van der Waals surface area contributed by atoms with Crippen LogP contribution in [-0.2, 0) is 11.2 Å². The fraction of sp³-hybridized carbons (Fsp3) is 0.350. The van der Waals surface area contributed by atoms with Gasteiger partial charge in [-0.05, 0) is 29.5 Å². The van der Waals surface area contributed by atoms with Crippen molar-refractivity contribution in [3.05, 3.63) is 65.7 Å². The third kappa shape index (κ3) is 3.92. The maximum Gasteiger partial charge on any atom is 0.220 e. The van der Waals surface area contributed by atoms with Gasteiger partial charge in [0.15, 0.2) is 0 Å². The molecule has 1 atom stereocenters. The molecule has 0 bridgehead atoms. The van der Waals surface area contributed by atoms with E-state index < -0.39 is 0 Å². The van der Waals surface area contributed by atoms with Gasteiger partial charge in [0, 0.05) is 31.7 Å². The van der Waals surface area contributed by atoms with Crippen LogP contribution in [0, 0.1) is 0 Å². The molecule has 1 N–H and O–H groups in total. The van der Waals surface area contributed by atoms with E-state index in [1.807, 2.05) is 18.2 Å². The van der Waals surface area contributed by atoms with Crippen molar-refractivity contribution in [2.45, 2.75) is 25.7 Å². The van der Waals surface area contributed by atoms with Crippen molar-refractivity contribution in [3.63, 3.8) is 0 Å². The molecule has 0 aromatic heterocycles. The molecule has 0 saturated carbocycles. The van der Waals surface area contributed by atoms with Crippen molar-refractivity contribution in [2.75, 3.05) is 24.5 Å². The van der Waals surface area contributed by atoms with Crippen molar-refractivity contribution < 1.29 is 4.79 Å². The molecule has 0 radical (unpaired) electrons. The highest BCUT2D eigenvalue weighted by Crippen LogP contribution is 2.26. The van der Waals surface area contributed by atoms with E-state index in [1.54, 1.807) is 0 Å². The smallest absolute Gasteiger partial charge is 0.220 e. The monoisotopic (exact) mass is 308 g/mol. The summed E-state index contributed by atoms with van der Waals surface area (Å²) in [7, 11) is 0. The van der Waals surface area contributed by atoms with Gasteiger partial charge in [-0.15, -0.1) is 0 Å².